The molecule has 0 amide bonds. The van der Waals surface area contributed by atoms with Crippen LogP contribution in [0.15, 0.2) is 16.1 Å². The number of aromatic nitrogens is 1. The quantitative estimate of drug-likeness (QED) is 0.586. The van der Waals surface area contributed by atoms with E-state index in [0.717, 1.165) is 56.1 Å². The summed E-state index contributed by atoms with van der Waals surface area (Å²) in [4.78, 5) is 14.4. The maximum atomic E-state index is 13.6. The van der Waals surface area contributed by atoms with Crippen molar-refractivity contribution in [3.63, 3.8) is 0 Å². The lowest BCUT2D eigenvalue weighted by atomic mass is 9.90. The van der Waals surface area contributed by atoms with Gasteiger partial charge in [-0.3, -0.25) is 0 Å². The van der Waals surface area contributed by atoms with E-state index in [4.69, 9.17) is 0 Å². The molecule has 1 aliphatic carbocycles. The van der Waals surface area contributed by atoms with Crippen LogP contribution in [0.4, 0.5) is 5.69 Å². The van der Waals surface area contributed by atoms with Crippen molar-refractivity contribution >= 4 is 26.6 Å². The van der Waals surface area contributed by atoms with E-state index >= 15 is 0 Å². The highest BCUT2D eigenvalue weighted by atomic mass is 32.2. The monoisotopic (exact) mass is 407 g/mol. The van der Waals surface area contributed by atoms with E-state index in [1.54, 1.807) is 4.31 Å². The Morgan fingerprint density at radius 3 is 2.29 bits per heavy atom. The predicted molar refractivity (Wildman–Crippen MR) is 111 cm³/mol. The number of aryl methyl sites for hydroxylation is 1. The van der Waals surface area contributed by atoms with E-state index in [2.05, 4.69) is 10.2 Å². The van der Waals surface area contributed by atoms with Gasteiger partial charge in [0.05, 0.1) is 10.4 Å². The lowest BCUT2D eigenvalue weighted by molar-refractivity contribution is 0.394. The molecule has 2 N–H and O–H groups in total. The molecule has 1 aromatic carbocycles. The van der Waals surface area contributed by atoms with E-state index < -0.39 is 10.0 Å². The third-order valence-electron chi connectivity index (χ3n) is 5.57. The summed E-state index contributed by atoms with van der Waals surface area (Å²) in [5.41, 5.74) is 2.22. The maximum absolute atomic E-state index is 13.6. The number of hydrogen-bond donors (Lipinski definition) is 2. The average Bonchev–Trinajstić information content (AvgIpc) is 3.02. The van der Waals surface area contributed by atoms with Crippen LogP contribution >= 0.6 is 0 Å². The molecule has 1 aliphatic rings. The van der Waals surface area contributed by atoms with E-state index in [-0.39, 0.29) is 16.5 Å². The maximum Gasteiger partial charge on any atom is 0.243 e. The number of sulfonamides is 1. The van der Waals surface area contributed by atoms with Crippen molar-refractivity contribution in [1.29, 1.82) is 0 Å². The Bertz CT molecular complexity index is 958. The molecule has 0 spiro atoms. The smallest absolute Gasteiger partial charge is 0.243 e. The summed E-state index contributed by atoms with van der Waals surface area (Å²) in [6, 6.07) is 1.53. The number of nitrogens with zero attached hydrogens (tertiary/aromatic N) is 2. The minimum absolute atomic E-state index is 0.117. The number of H-pyrrole nitrogens is 1. The van der Waals surface area contributed by atoms with Crippen LogP contribution in [0.5, 0.6) is 5.88 Å². The lowest BCUT2D eigenvalue weighted by Gasteiger charge is -2.26. The Kier molecular flexibility index (Phi) is 6.40. The number of rotatable bonds is 9. The molecule has 0 unspecified atom stereocenters. The number of fused-ring (bicyclic) bond motifs is 3. The topological polar surface area (TPSA) is 103 Å². The molecule has 0 atom stereocenters. The standard InChI is InChI=1S/C20H29N3O4S/c1-3-5-11-23(12-6-4-2)28(26,27)17-13-16-18(21-20(24)19(16)22-25)15-10-8-7-9-14(15)17/h13,21,24H,3-12H2,1-2H3. The van der Waals surface area contributed by atoms with Crippen molar-refractivity contribution in [3.8, 4) is 5.88 Å². The summed E-state index contributed by atoms with van der Waals surface area (Å²) in [7, 11) is -3.70. The Morgan fingerprint density at radius 1 is 1.11 bits per heavy atom. The number of nitrogens with one attached hydrogen (secondary N) is 1. The van der Waals surface area contributed by atoms with Crippen LogP contribution < -0.4 is 0 Å². The van der Waals surface area contributed by atoms with Crippen LogP contribution in [0.1, 0.15) is 63.5 Å². The van der Waals surface area contributed by atoms with Crippen molar-refractivity contribution in [2.24, 2.45) is 5.18 Å². The average molecular weight is 408 g/mol. The fourth-order valence-corrected chi connectivity index (χ4v) is 5.84. The van der Waals surface area contributed by atoms with E-state index in [9.17, 15) is 18.4 Å². The van der Waals surface area contributed by atoms with Gasteiger partial charge in [-0.15, -0.1) is 4.91 Å². The third-order valence-corrected chi connectivity index (χ3v) is 7.53. The Hall–Kier alpha value is -1.93. The van der Waals surface area contributed by atoms with Gasteiger partial charge in [0, 0.05) is 18.5 Å². The fraction of sp³-hybridized carbons (Fsp3) is 0.600. The van der Waals surface area contributed by atoms with Gasteiger partial charge in [-0.05, 0) is 60.9 Å². The van der Waals surface area contributed by atoms with Crippen LogP contribution in [0.3, 0.4) is 0 Å². The number of unbranched alkanes of at least 4 members (excludes halogenated alkanes) is 2. The zero-order valence-electron chi connectivity index (χ0n) is 16.6. The zero-order chi connectivity index (χ0) is 20.3. The van der Waals surface area contributed by atoms with Gasteiger partial charge in [0.2, 0.25) is 15.9 Å². The Balaban J connectivity index is 2.20. The Labute approximate surface area is 166 Å². The molecular formula is C20H29N3O4S. The number of benzene rings is 1. The van der Waals surface area contributed by atoms with Gasteiger partial charge in [0.25, 0.3) is 0 Å². The van der Waals surface area contributed by atoms with Gasteiger partial charge >= 0.3 is 0 Å². The molecule has 7 nitrogen and oxygen atoms in total. The molecule has 2 aromatic rings. The molecule has 0 saturated carbocycles. The predicted octanol–water partition coefficient (Wildman–Crippen LogP) is 4.74. The summed E-state index contributed by atoms with van der Waals surface area (Å²) in [6.07, 6.45) is 6.72. The van der Waals surface area contributed by atoms with Crippen molar-refractivity contribution in [3.05, 3.63) is 22.1 Å². The van der Waals surface area contributed by atoms with E-state index in [0.29, 0.717) is 30.4 Å². The summed E-state index contributed by atoms with van der Waals surface area (Å²) < 4.78 is 28.8. The summed E-state index contributed by atoms with van der Waals surface area (Å²) >= 11 is 0. The molecule has 0 bridgehead atoms. The van der Waals surface area contributed by atoms with Gasteiger partial charge in [0.1, 0.15) is 0 Å². The first-order chi connectivity index (χ1) is 13.5. The molecule has 0 aliphatic heterocycles. The molecule has 28 heavy (non-hydrogen) atoms. The van der Waals surface area contributed by atoms with Crippen LogP contribution in [0, 0.1) is 4.91 Å². The number of aromatic amines is 1. The fourth-order valence-electron chi connectivity index (χ4n) is 4.02. The number of hydrogen-bond acceptors (Lipinski definition) is 5. The highest BCUT2D eigenvalue weighted by molar-refractivity contribution is 7.89. The van der Waals surface area contributed by atoms with E-state index in [1.807, 2.05) is 13.8 Å². The Morgan fingerprint density at radius 2 is 1.71 bits per heavy atom. The van der Waals surface area contributed by atoms with Gasteiger partial charge in [-0.2, -0.15) is 4.31 Å². The second kappa shape index (κ2) is 8.61. The summed E-state index contributed by atoms with van der Waals surface area (Å²) in [5.74, 6) is -0.304. The van der Waals surface area contributed by atoms with Crippen molar-refractivity contribution in [2.75, 3.05) is 13.1 Å². The molecular weight excluding hydrogens is 378 g/mol. The van der Waals surface area contributed by atoms with Gasteiger partial charge in [-0.25, -0.2) is 8.42 Å². The SMILES string of the molecule is CCCCN(CCCC)S(=O)(=O)c1cc2c(N=O)c(O)[nH]c2c2c1CCCC2. The number of nitroso groups, excluding NO2 is 1. The van der Waals surface area contributed by atoms with Crippen LogP contribution in [-0.2, 0) is 22.9 Å². The second-order valence-corrected chi connectivity index (χ2v) is 9.39. The van der Waals surface area contributed by atoms with Crippen LogP contribution in [0.25, 0.3) is 10.9 Å². The second-order valence-electron chi connectivity index (χ2n) is 7.49. The van der Waals surface area contributed by atoms with Gasteiger partial charge < -0.3 is 10.1 Å². The van der Waals surface area contributed by atoms with Gasteiger partial charge in [-0.1, -0.05) is 26.7 Å². The molecule has 1 aromatic heterocycles. The first-order valence-electron chi connectivity index (χ1n) is 10.2. The molecule has 154 valence electrons. The van der Waals surface area contributed by atoms with E-state index in [1.165, 1.54) is 6.07 Å². The highest BCUT2D eigenvalue weighted by Gasteiger charge is 2.31. The first kappa shape index (κ1) is 20.8. The molecule has 1 heterocycles. The normalized spacial score (nSPS) is 14.5. The molecule has 0 fully saturated rings. The third kappa shape index (κ3) is 3.67. The van der Waals surface area contributed by atoms with Gasteiger partial charge in [0.15, 0.2) is 5.69 Å². The summed E-state index contributed by atoms with van der Waals surface area (Å²) in [6.45, 7) is 5.07. The first-order valence-corrected chi connectivity index (χ1v) is 11.6. The number of aromatic hydroxyl groups is 1. The zero-order valence-corrected chi connectivity index (χ0v) is 17.4. The molecule has 3 rings (SSSR count). The molecule has 0 radical (unpaired) electrons. The van der Waals surface area contributed by atoms with Crippen LogP contribution in [-0.4, -0.2) is 35.9 Å². The minimum Gasteiger partial charge on any atom is -0.493 e. The molecule has 8 heteroatoms. The van der Waals surface area contributed by atoms with Crippen molar-refractivity contribution in [1.82, 2.24) is 9.29 Å². The van der Waals surface area contributed by atoms with Crippen molar-refractivity contribution in [2.45, 2.75) is 70.1 Å². The lowest BCUT2D eigenvalue weighted by Crippen LogP contribution is -2.34. The van der Waals surface area contributed by atoms with Crippen LogP contribution in [0.2, 0.25) is 0 Å². The minimum atomic E-state index is -3.70. The highest BCUT2D eigenvalue weighted by Crippen LogP contribution is 2.42. The largest absolute Gasteiger partial charge is 0.493 e. The van der Waals surface area contributed by atoms with Crippen molar-refractivity contribution < 1.29 is 13.5 Å². The summed E-state index contributed by atoms with van der Waals surface area (Å²) in [5, 5.41) is 13.4. The molecule has 0 saturated heterocycles.